The van der Waals surface area contributed by atoms with E-state index in [4.69, 9.17) is 10.5 Å². The van der Waals surface area contributed by atoms with E-state index in [0.717, 1.165) is 5.75 Å². The Bertz CT molecular complexity index is 478. The molecule has 0 fully saturated rings. The second-order valence-corrected chi connectivity index (χ2v) is 5.22. The van der Waals surface area contributed by atoms with Crippen molar-refractivity contribution in [1.29, 1.82) is 0 Å². The molecule has 0 saturated heterocycles. The molecule has 1 heterocycles. The van der Waals surface area contributed by atoms with Crippen LogP contribution in [0.25, 0.3) is 0 Å². The second-order valence-electron chi connectivity index (χ2n) is 3.35. The van der Waals surface area contributed by atoms with Crippen molar-refractivity contribution in [3.63, 3.8) is 0 Å². The number of hydrogen-bond acceptors (Lipinski definition) is 4. The highest BCUT2D eigenvalue weighted by Gasteiger charge is 2.19. The van der Waals surface area contributed by atoms with Crippen LogP contribution in [-0.2, 0) is 11.2 Å². The number of nitrogens with zero attached hydrogens (tertiary/aromatic N) is 1. The van der Waals surface area contributed by atoms with E-state index in [1.807, 2.05) is 32.2 Å². The van der Waals surface area contributed by atoms with Gasteiger partial charge in [-0.25, -0.2) is 4.21 Å². The van der Waals surface area contributed by atoms with Crippen molar-refractivity contribution in [3.05, 3.63) is 23.8 Å². The zero-order valence-corrected chi connectivity index (χ0v) is 12.9. The first kappa shape index (κ1) is 15.8. The smallest absolute Gasteiger partial charge is 0.245 e. The third-order valence-corrected chi connectivity index (χ3v) is 3.54. The van der Waals surface area contributed by atoms with Crippen LogP contribution >= 0.6 is 11.8 Å². The van der Waals surface area contributed by atoms with Crippen LogP contribution in [0.5, 0.6) is 5.75 Å². The number of thioether (sulfide) groups is 1. The summed E-state index contributed by atoms with van der Waals surface area (Å²) in [5.74, 6) is 1.82. The Morgan fingerprint density at radius 3 is 2.89 bits per heavy atom. The van der Waals surface area contributed by atoms with Crippen molar-refractivity contribution in [2.24, 2.45) is 10.1 Å². The minimum Gasteiger partial charge on any atom is -0.492 e. The topological polar surface area (TPSA) is 76.7 Å². The summed E-state index contributed by atoms with van der Waals surface area (Å²) >= 11 is 0.215. The molecule has 106 valence electrons. The largest absolute Gasteiger partial charge is 0.492 e. The molecule has 19 heavy (non-hydrogen) atoms. The van der Waals surface area contributed by atoms with Gasteiger partial charge in [0.1, 0.15) is 11.6 Å². The fourth-order valence-corrected chi connectivity index (χ4v) is 2.41. The van der Waals surface area contributed by atoms with Gasteiger partial charge in [-0.15, -0.1) is 0 Å². The molecule has 1 aliphatic rings. The number of ether oxygens (including phenoxy) is 1. The van der Waals surface area contributed by atoms with Gasteiger partial charge >= 0.3 is 0 Å². The van der Waals surface area contributed by atoms with E-state index in [2.05, 4.69) is 9.12 Å². The van der Waals surface area contributed by atoms with Crippen molar-refractivity contribution in [2.75, 3.05) is 23.3 Å². The standard InChI is InChI=1S/C10H13N3O2S2.C2H6/c1-16-6-5-15-8-4-2-3-7-9(8)10(11)13-17(14)12-7;1-2/h2-4,12H,5-6H2,1H3,(H2,11,13);1-2H3. The molecule has 0 bridgehead atoms. The molecule has 1 aliphatic heterocycles. The lowest BCUT2D eigenvalue weighted by Crippen LogP contribution is -2.24. The maximum atomic E-state index is 11.3. The summed E-state index contributed by atoms with van der Waals surface area (Å²) in [6.45, 7) is 4.61. The zero-order valence-electron chi connectivity index (χ0n) is 11.3. The highest BCUT2D eigenvalue weighted by atomic mass is 32.2. The van der Waals surface area contributed by atoms with E-state index in [1.165, 1.54) is 0 Å². The summed E-state index contributed by atoms with van der Waals surface area (Å²) in [6, 6.07) is 5.46. The van der Waals surface area contributed by atoms with E-state index >= 15 is 0 Å². The average molecular weight is 301 g/mol. The van der Waals surface area contributed by atoms with Gasteiger partial charge in [0, 0.05) is 5.75 Å². The molecule has 5 nitrogen and oxygen atoms in total. The van der Waals surface area contributed by atoms with Gasteiger partial charge in [0.15, 0.2) is 0 Å². The maximum absolute atomic E-state index is 11.3. The predicted octanol–water partition coefficient (Wildman–Crippen LogP) is 2.16. The Hall–Kier alpha value is -1.21. The fraction of sp³-hybridized carbons (Fsp3) is 0.417. The van der Waals surface area contributed by atoms with Crippen LogP contribution in [-0.4, -0.2) is 28.7 Å². The molecule has 1 unspecified atom stereocenters. The van der Waals surface area contributed by atoms with Gasteiger partial charge in [0.25, 0.3) is 0 Å². The van der Waals surface area contributed by atoms with Gasteiger partial charge in [-0.3, -0.25) is 4.72 Å². The first-order chi connectivity index (χ1) is 9.22. The minimum absolute atomic E-state index is 0.247. The molecule has 1 aromatic rings. The molecule has 1 aromatic carbocycles. The molecule has 0 aromatic heterocycles. The van der Waals surface area contributed by atoms with E-state index < -0.39 is 11.2 Å². The second kappa shape index (κ2) is 8.06. The van der Waals surface area contributed by atoms with Gasteiger partial charge in [-0.05, 0) is 18.4 Å². The van der Waals surface area contributed by atoms with Crippen LogP contribution in [0.4, 0.5) is 5.69 Å². The highest BCUT2D eigenvalue weighted by molar-refractivity contribution is 7.98. The van der Waals surface area contributed by atoms with Gasteiger partial charge in [0.2, 0.25) is 11.2 Å². The van der Waals surface area contributed by atoms with Crippen molar-refractivity contribution < 1.29 is 8.95 Å². The molecule has 7 heteroatoms. The molecule has 2 rings (SSSR count). The number of rotatable bonds is 4. The third-order valence-electron chi connectivity index (χ3n) is 2.21. The van der Waals surface area contributed by atoms with Crippen molar-refractivity contribution in [3.8, 4) is 5.75 Å². The van der Waals surface area contributed by atoms with Crippen LogP contribution in [0.2, 0.25) is 0 Å². The Morgan fingerprint density at radius 2 is 2.21 bits per heavy atom. The molecule has 0 saturated carbocycles. The minimum atomic E-state index is -1.49. The molecule has 0 amide bonds. The lowest BCUT2D eigenvalue weighted by Gasteiger charge is -2.18. The summed E-state index contributed by atoms with van der Waals surface area (Å²) in [7, 11) is 0. The number of nitrogens with two attached hydrogens (primary N) is 1. The first-order valence-electron chi connectivity index (χ1n) is 6.00. The Balaban J connectivity index is 0.000000861. The van der Waals surface area contributed by atoms with Crippen LogP contribution in [0.3, 0.4) is 0 Å². The number of fused-ring (bicyclic) bond motifs is 1. The molecular formula is C12H19N3O2S2. The highest BCUT2D eigenvalue weighted by Crippen LogP contribution is 2.29. The number of nitrogens with one attached hydrogen (secondary N) is 1. The molecule has 0 aliphatic carbocycles. The number of anilines is 1. The number of benzene rings is 1. The van der Waals surface area contributed by atoms with E-state index in [1.54, 1.807) is 17.8 Å². The summed E-state index contributed by atoms with van der Waals surface area (Å²) in [4.78, 5) is 0. The summed E-state index contributed by atoms with van der Waals surface area (Å²) in [5, 5.41) is 0. The predicted molar refractivity (Wildman–Crippen MR) is 84.2 cm³/mol. The molecule has 3 N–H and O–H groups in total. The quantitative estimate of drug-likeness (QED) is 0.836. The first-order valence-corrected chi connectivity index (χ1v) is 8.50. The summed E-state index contributed by atoms with van der Waals surface area (Å²) in [6.07, 6.45) is 2.02. The Labute approximate surface area is 120 Å². The lowest BCUT2D eigenvalue weighted by atomic mass is 10.1. The van der Waals surface area contributed by atoms with Crippen LogP contribution < -0.4 is 15.2 Å². The summed E-state index contributed by atoms with van der Waals surface area (Å²) in [5.41, 5.74) is 7.15. The van der Waals surface area contributed by atoms with Gasteiger partial charge in [-0.2, -0.15) is 16.2 Å². The molecule has 1 atom stereocenters. The number of amidine groups is 1. The number of hydrogen-bond donors (Lipinski definition) is 2. The maximum Gasteiger partial charge on any atom is 0.245 e. The fourth-order valence-electron chi connectivity index (χ4n) is 1.49. The summed E-state index contributed by atoms with van der Waals surface area (Å²) < 4.78 is 23.4. The average Bonchev–Trinajstić information content (AvgIpc) is 2.40. The third kappa shape index (κ3) is 4.14. The van der Waals surface area contributed by atoms with Crippen molar-refractivity contribution in [2.45, 2.75) is 13.8 Å². The SMILES string of the molecule is CC.CSCCOc1cccc2c1C(N)=NS(=O)N2. The van der Waals surface area contributed by atoms with Gasteiger partial charge in [-0.1, -0.05) is 19.9 Å². The van der Waals surface area contributed by atoms with Crippen molar-refractivity contribution in [1.82, 2.24) is 0 Å². The van der Waals surface area contributed by atoms with Gasteiger partial charge < -0.3 is 10.5 Å². The van der Waals surface area contributed by atoms with Crippen molar-refractivity contribution >= 4 is 34.5 Å². The molecular weight excluding hydrogens is 282 g/mol. The zero-order chi connectivity index (χ0) is 14.3. The van der Waals surface area contributed by atoms with E-state index in [9.17, 15) is 4.21 Å². The van der Waals surface area contributed by atoms with E-state index in [0.29, 0.717) is 23.6 Å². The Kier molecular flexibility index (Phi) is 6.72. The molecule has 0 spiro atoms. The van der Waals surface area contributed by atoms with Crippen LogP contribution in [0, 0.1) is 0 Å². The normalized spacial score (nSPS) is 16.4. The van der Waals surface area contributed by atoms with Crippen LogP contribution in [0.1, 0.15) is 19.4 Å². The van der Waals surface area contributed by atoms with Crippen LogP contribution in [0.15, 0.2) is 22.6 Å². The van der Waals surface area contributed by atoms with E-state index in [-0.39, 0.29) is 5.84 Å². The Morgan fingerprint density at radius 1 is 1.47 bits per heavy atom. The monoisotopic (exact) mass is 301 g/mol. The lowest BCUT2D eigenvalue weighted by molar-refractivity contribution is 0.343. The van der Waals surface area contributed by atoms with Gasteiger partial charge in [0.05, 0.1) is 17.9 Å². The molecule has 0 radical (unpaired) electrons.